The monoisotopic (exact) mass is 353 g/mol. The van der Waals surface area contributed by atoms with Crippen molar-refractivity contribution in [1.82, 2.24) is 9.62 Å². The van der Waals surface area contributed by atoms with Crippen LogP contribution in [-0.4, -0.2) is 66.0 Å². The van der Waals surface area contributed by atoms with Crippen LogP contribution in [0, 0.1) is 0 Å². The summed E-state index contributed by atoms with van der Waals surface area (Å²) in [6.07, 6.45) is 1.40. The van der Waals surface area contributed by atoms with E-state index in [9.17, 15) is 8.42 Å². The first-order valence-corrected chi connectivity index (χ1v) is 9.75. The molecule has 1 aliphatic rings. The Balaban J connectivity index is 2.17. The lowest BCUT2D eigenvalue weighted by Gasteiger charge is -2.35. The predicted molar refractivity (Wildman–Crippen MR) is 97.9 cm³/mol. The molecule has 1 fully saturated rings. The highest BCUT2D eigenvalue weighted by molar-refractivity contribution is 7.89. The van der Waals surface area contributed by atoms with Gasteiger partial charge in [0.25, 0.3) is 0 Å². The average molecular weight is 353 g/mol. The predicted octanol–water partition coefficient (Wildman–Crippen LogP) is 1.23. The van der Waals surface area contributed by atoms with Gasteiger partial charge < -0.3 is 9.64 Å². The molecule has 1 atom stereocenters. The molecular formula is C17H27N3O3S. The Labute approximate surface area is 145 Å². The van der Waals surface area contributed by atoms with Gasteiger partial charge in [-0.15, -0.1) is 6.58 Å². The molecule has 1 N–H and O–H groups in total. The molecule has 1 saturated heterocycles. The normalized spacial score (nSPS) is 17.4. The summed E-state index contributed by atoms with van der Waals surface area (Å²) in [6.45, 7) is 6.78. The molecule has 0 bridgehead atoms. The first-order valence-electron chi connectivity index (χ1n) is 8.10. The van der Waals surface area contributed by atoms with Gasteiger partial charge in [-0.05, 0) is 17.7 Å². The van der Waals surface area contributed by atoms with Gasteiger partial charge >= 0.3 is 0 Å². The Morgan fingerprint density at radius 2 is 1.92 bits per heavy atom. The van der Waals surface area contributed by atoms with E-state index in [0.29, 0.717) is 19.8 Å². The Morgan fingerprint density at radius 1 is 1.29 bits per heavy atom. The van der Waals surface area contributed by atoms with Crippen molar-refractivity contribution in [2.75, 3.05) is 57.6 Å². The highest BCUT2D eigenvalue weighted by Crippen LogP contribution is 2.24. The van der Waals surface area contributed by atoms with E-state index >= 15 is 0 Å². The second-order valence-corrected chi connectivity index (χ2v) is 7.92. The Bertz CT molecular complexity index is 623. The minimum atomic E-state index is -3.33. The summed E-state index contributed by atoms with van der Waals surface area (Å²) in [4.78, 5) is 4.31. The fraction of sp³-hybridized carbons (Fsp3) is 0.529. The molecule has 1 aromatic rings. The van der Waals surface area contributed by atoms with Crippen LogP contribution in [0.4, 0.5) is 5.69 Å². The Morgan fingerprint density at radius 3 is 2.46 bits per heavy atom. The van der Waals surface area contributed by atoms with E-state index in [2.05, 4.69) is 40.5 Å². The summed E-state index contributed by atoms with van der Waals surface area (Å²) in [7, 11) is 0.667. The highest BCUT2D eigenvalue weighted by Gasteiger charge is 2.24. The van der Waals surface area contributed by atoms with Crippen LogP contribution >= 0.6 is 0 Å². The van der Waals surface area contributed by atoms with E-state index in [0.717, 1.165) is 24.3 Å². The molecule has 0 unspecified atom stereocenters. The fourth-order valence-electron chi connectivity index (χ4n) is 2.76. The third-order valence-corrected chi connectivity index (χ3v) is 5.40. The van der Waals surface area contributed by atoms with E-state index in [1.807, 2.05) is 19.0 Å². The van der Waals surface area contributed by atoms with Gasteiger partial charge in [0.05, 0.1) is 19.0 Å². The van der Waals surface area contributed by atoms with Crippen LogP contribution in [-0.2, 0) is 14.8 Å². The Hall–Kier alpha value is -1.41. The topological polar surface area (TPSA) is 61.9 Å². The molecule has 0 aliphatic carbocycles. The number of sulfonamides is 1. The second-order valence-electron chi connectivity index (χ2n) is 6.07. The number of morpholine rings is 1. The zero-order valence-corrected chi connectivity index (χ0v) is 15.3. The molecule has 134 valence electrons. The summed E-state index contributed by atoms with van der Waals surface area (Å²) < 4.78 is 32.0. The number of nitrogens with zero attached hydrogens (tertiary/aromatic N) is 2. The first kappa shape index (κ1) is 18.9. The molecule has 1 heterocycles. The number of benzene rings is 1. The minimum Gasteiger partial charge on any atom is -0.379 e. The number of rotatable bonds is 8. The second kappa shape index (κ2) is 8.62. The van der Waals surface area contributed by atoms with Crippen LogP contribution < -0.4 is 9.62 Å². The number of hydrogen-bond donors (Lipinski definition) is 1. The molecule has 0 radical (unpaired) electrons. The van der Waals surface area contributed by atoms with E-state index in [1.165, 1.54) is 6.08 Å². The van der Waals surface area contributed by atoms with Crippen LogP contribution in [0.25, 0.3) is 0 Å². The molecule has 1 aromatic carbocycles. The number of anilines is 1. The van der Waals surface area contributed by atoms with Gasteiger partial charge in [-0.2, -0.15) is 0 Å². The molecule has 0 saturated carbocycles. The molecule has 2 rings (SSSR count). The fourth-order valence-corrected chi connectivity index (χ4v) is 3.60. The highest BCUT2D eigenvalue weighted by atomic mass is 32.2. The maximum Gasteiger partial charge on any atom is 0.215 e. The SMILES string of the molecule is C=CCS(=O)(=O)NC[C@@H](c1ccc(N(C)C)cc1)N1CCOCC1. The number of ether oxygens (including phenoxy) is 1. The maximum atomic E-state index is 12.0. The molecular weight excluding hydrogens is 326 g/mol. The van der Waals surface area contributed by atoms with Crippen molar-refractivity contribution in [3.63, 3.8) is 0 Å². The summed E-state index contributed by atoms with van der Waals surface area (Å²) in [5.41, 5.74) is 2.22. The third kappa shape index (κ3) is 5.31. The maximum absolute atomic E-state index is 12.0. The zero-order chi connectivity index (χ0) is 17.6. The Kier molecular flexibility index (Phi) is 6.79. The van der Waals surface area contributed by atoms with Gasteiger partial charge in [-0.25, -0.2) is 13.1 Å². The lowest BCUT2D eigenvalue weighted by molar-refractivity contribution is 0.0172. The van der Waals surface area contributed by atoms with E-state index in [-0.39, 0.29) is 11.8 Å². The van der Waals surface area contributed by atoms with Gasteiger partial charge in [0.2, 0.25) is 10.0 Å². The zero-order valence-electron chi connectivity index (χ0n) is 14.4. The summed E-state index contributed by atoms with van der Waals surface area (Å²) in [5.74, 6) is -0.0671. The van der Waals surface area contributed by atoms with Gasteiger partial charge in [-0.1, -0.05) is 18.2 Å². The quantitative estimate of drug-likeness (QED) is 0.713. The number of nitrogens with one attached hydrogen (secondary N) is 1. The van der Waals surface area contributed by atoms with E-state index in [1.54, 1.807) is 0 Å². The van der Waals surface area contributed by atoms with Crippen LogP contribution in [0.5, 0.6) is 0 Å². The number of hydrogen-bond acceptors (Lipinski definition) is 5. The van der Waals surface area contributed by atoms with Crippen molar-refractivity contribution < 1.29 is 13.2 Å². The van der Waals surface area contributed by atoms with Crippen molar-refractivity contribution in [2.45, 2.75) is 6.04 Å². The molecule has 24 heavy (non-hydrogen) atoms. The summed E-state index contributed by atoms with van der Waals surface area (Å²) in [5, 5.41) is 0. The van der Waals surface area contributed by atoms with Gasteiger partial charge in [0, 0.05) is 45.5 Å². The largest absolute Gasteiger partial charge is 0.379 e. The van der Waals surface area contributed by atoms with Crippen molar-refractivity contribution >= 4 is 15.7 Å². The molecule has 7 heteroatoms. The smallest absolute Gasteiger partial charge is 0.215 e. The molecule has 1 aliphatic heterocycles. The van der Waals surface area contributed by atoms with E-state index in [4.69, 9.17) is 4.74 Å². The molecule has 0 spiro atoms. The summed E-state index contributed by atoms with van der Waals surface area (Å²) in [6, 6.07) is 8.24. The average Bonchev–Trinajstić information content (AvgIpc) is 2.56. The van der Waals surface area contributed by atoms with Crippen LogP contribution in [0.3, 0.4) is 0 Å². The van der Waals surface area contributed by atoms with Crippen molar-refractivity contribution in [2.24, 2.45) is 0 Å². The van der Waals surface area contributed by atoms with Crippen molar-refractivity contribution in [3.05, 3.63) is 42.5 Å². The van der Waals surface area contributed by atoms with E-state index < -0.39 is 10.0 Å². The molecule has 0 aromatic heterocycles. The van der Waals surface area contributed by atoms with Crippen molar-refractivity contribution in [3.8, 4) is 0 Å². The van der Waals surface area contributed by atoms with Crippen LogP contribution in [0.1, 0.15) is 11.6 Å². The third-order valence-electron chi connectivity index (χ3n) is 4.11. The lowest BCUT2D eigenvalue weighted by Crippen LogP contribution is -2.44. The minimum absolute atomic E-state index is 0.00953. The molecule has 0 amide bonds. The lowest BCUT2D eigenvalue weighted by atomic mass is 10.0. The standard InChI is InChI=1S/C17H27N3O3S/c1-4-13-24(21,22)18-14-17(20-9-11-23-12-10-20)15-5-7-16(8-6-15)19(2)3/h4-8,17-18H,1,9-14H2,2-3H3/t17-/m0/s1. The van der Waals surface area contributed by atoms with Crippen LogP contribution in [0.15, 0.2) is 36.9 Å². The first-order chi connectivity index (χ1) is 11.4. The van der Waals surface area contributed by atoms with Crippen LogP contribution in [0.2, 0.25) is 0 Å². The van der Waals surface area contributed by atoms with Gasteiger partial charge in [-0.3, -0.25) is 4.90 Å². The van der Waals surface area contributed by atoms with Gasteiger partial charge in [0.15, 0.2) is 0 Å². The van der Waals surface area contributed by atoms with Gasteiger partial charge in [0.1, 0.15) is 0 Å². The summed E-state index contributed by atoms with van der Waals surface area (Å²) >= 11 is 0. The van der Waals surface area contributed by atoms with Crippen molar-refractivity contribution in [1.29, 1.82) is 0 Å². The molecule has 6 nitrogen and oxygen atoms in total.